The maximum atomic E-state index is 13.2. The number of fused-ring (bicyclic) bond motifs is 2. The lowest BCUT2D eigenvalue weighted by Gasteiger charge is -2.14. The molecule has 0 saturated heterocycles. The normalized spacial score (nSPS) is 11.2. The molecular weight excluding hydrogens is 416 g/mol. The molecule has 0 saturated carbocycles. The van der Waals surface area contributed by atoms with E-state index < -0.39 is 0 Å². The number of benzene rings is 2. The van der Waals surface area contributed by atoms with Crippen LogP contribution in [-0.4, -0.2) is 37.1 Å². The molecule has 0 fully saturated rings. The van der Waals surface area contributed by atoms with Crippen molar-refractivity contribution in [2.45, 2.75) is 19.9 Å². The molecule has 8 heteroatoms. The molecule has 8 nitrogen and oxygen atoms in total. The lowest BCUT2D eigenvalue weighted by atomic mass is 9.98. The van der Waals surface area contributed by atoms with Gasteiger partial charge < -0.3 is 15.0 Å². The summed E-state index contributed by atoms with van der Waals surface area (Å²) in [7, 11) is 0. The third kappa shape index (κ3) is 3.87. The summed E-state index contributed by atoms with van der Waals surface area (Å²) in [5, 5.41) is 0.785. The smallest absolute Gasteiger partial charge is 0.339 e. The maximum Gasteiger partial charge on any atom is 0.339 e. The van der Waals surface area contributed by atoms with Gasteiger partial charge in [0.1, 0.15) is 11.8 Å². The number of carbonyl (C=O) groups excluding carboxylic acids is 1. The van der Waals surface area contributed by atoms with Crippen LogP contribution in [0.4, 0.5) is 5.82 Å². The highest BCUT2D eigenvalue weighted by Gasteiger charge is 2.20. The zero-order valence-corrected chi connectivity index (χ0v) is 18.1. The topological polar surface area (TPSA) is 109 Å². The van der Waals surface area contributed by atoms with Crippen molar-refractivity contribution in [1.29, 1.82) is 0 Å². The van der Waals surface area contributed by atoms with Gasteiger partial charge in [-0.25, -0.2) is 24.7 Å². The number of aryl methyl sites for hydroxylation is 1. The zero-order valence-electron chi connectivity index (χ0n) is 18.1. The zero-order chi connectivity index (χ0) is 22.8. The lowest BCUT2D eigenvalue weighted by Crippen LogP contribution is -2.12. The van der Waals surface area contributed by atoms with Crippen molar-refractivity contribution in [3.05, 3.63) is 78.4 Å². The molecule has 0 aliphatic rings. The highest BCUT2D eigenvalue weighted by atomic mass is 16.5. The second-order valence-corrected chi connectivity index (χ2v) is 7.70. The molecule has 0 bridgehead atoms. The van der Waals surface area contributed by atoms with Gasteiger partial charge in [-0.05, 0) is 25.0 Å². The molecule has 0 atom stereocenters. The molecule has 3 aromatic heterocycles. The summed E-state index contributed by atoms with van der Waals surface area (Å²) < 4.78 is 7.56. The fourth-order valence-electron chi connectivity index (χ4n) is 3.98. The number of hydrogen-bond acceptors (Lipinski definition) is 7. The molecule has 0 aliphatic heterocycles. The minimum absolute atomic E-state index is 0.260. The third-order valence-corrected chi connectivity index (χ3v) is 5.59. The van der Waals surface area contributed by atoms with Gasteiger partial charge in [0, 0.05) is 17.5 Å². The average molecular weight is 438 g/mol. The fourth-order valence-corrected chi connectivity index (χ4v) is 3.98. The van der Waals surface area contributed by atoms with Crippen molar-refractivity contribution in [2.75, 3.05) is 12.3 Å². The number of nitrogens with zero attached hydrogens (tertiary/aromatic N) is 5. The highest BCUT2D eigenvalue weighted by molar-refractivity contribution is 6.06. The number of esters is 1. The van der Waals surface area contributed by atoms with E-state index in [0.717, 1.165) is 27.7 Å². The SMILES string of the molecule is Cc1c(-c2ccccc2)nc2ccccc2c1C(=O)OCCCn1cnc2c(N)ncnc21. The van der Waals surface area contributed by atoms with Gasteiger partial charge in [-0.1, -0.05) is 48.5 Å². The van der Waals surface area contributed by atoms with Crippen LogP contribution >= 0.6 is 0 Å². The predicted octanol–water partition coefficient (Wildman–Crippen LogP) is 4.18. The van der Waals surface area contributed by atoms with Crippen LogP contribution in [0.3, 0.4) is 0 Å². The fraction of sp³-hybridized carbons (Fsp3) is 0.160. The van der Waals surface area contributed by atoms with E-state index >= 15 is 0 Å². The van der Waals surface area contributed by atoms with Crippen molar-refractivity contribution in [2.24, 2.45) is 0 Å². The first-order valence-electron chi connectivity index (χ1n) is 10.7. The largest absolute Gasteiger partial charge is 0.462 e. The number of anilines is 1. The molecule has 0 unspecified atom stereocenters. The maximum absolute atomic E-state index is 13.2. The molecule has 3 heterocycles. The van der Waals surface area contributed by atoms with E-state index in [0.29, 0.717) is 35.5 Å². The number of aromatic nitrogens is 5. The molecular formula is C25H22N6O2. The van der Waals surface area contributed by atoms with Crippen LogP contribution in [0, 0.1) is 6.92 Å². The van der Waals surface area contributed by atoms with Crippen LogP contribution in [0.1, 0.15) is 22.3 Å². The van der Waals surface area contributed by atoms with Crippen LogP contribution in [-0.2, 0) is 11.3 Å². The number of carbonyl (C=O) groups is 1. The number of hydrogen-bond donors (Lipinski definition) is 1. The van der Waals surface area contributed by atoms with E-state index in [4.69, 9.17) is 15.5 Å². The summed E-state index contributed by atoms with van der Waals surface area (Å²) in [6, 6.07) is 17.5. The van der Waals surface area contributed by atoms with E-state index in [2.05, 4.69) is 15.0 Å². The number of nitrogens with two attached hydrogens (primary N) is 1. The minimum atomic E-state index is -0.356. The molecule has 33 heavy (non-hydrogen) atoms. The summed E-state index contributed by atoms with van der Waals surface area (Å²) >= 11 is 0. The first-order chi connectivity index (χ1) is 16.1. The van der Waals surface area contributed by atoms with Crippen molar-refractivity contribution < 1.29 is 9.53 Å². The summed E-state index contributed by atoms with van der Waals surface area (Å²) in [5.74, 6) is -0.00946. The summed E-state index contributed by atoms with van der Waals surface area (Å²) in [5.41, 5.74) is 10.9. The predicted molar refractivity (Wildman–Crippen MR) is 127 cm³/mol. The Morgan fingerprint density at radius 3 is 2.67 bits per heavy atom. The van der Waals surface area contributed by atoms with Gasteiger partial charge in [0.15, 0.2) is 11.5 Å². The Morgan fingerprint density at radius 2 is 1.82 bits per heavy atom. The Labute approximate surface area is 190 Å². The monoisotopic (exact) mass is 438 g/mol. The number of nitrogen functional groups attached to an aromatic ring is 1. The average Bonchev–Trinajstić information content (AvgIpc) is 3.26. The number of pyridine rings is 1. The van der Waals surface area contributed by atoms with Crippen molar-refractivity contribution >= 4 is 33.9 Å². The van der Waals surface area contributed by atoms with Gasteiger partial charge in [0.2, 0.25) is 0 Å². The van der Waals surface area contributed by atoms with E-state index in [1.165, 1.54) is 6.33 Å². The molecule has 2 aromatic carbocycles. The van der Waals surface area contributed by atoms with Gasteiger partial charge in [0.05, 0.1) is 29.7 Å². The molecule has 0 radical (unpaired) electrons. The van der Waals surface area contributed by atoms with Crippen LogP contribution in [0.2, 0.25) is 0 Å². The van der Waals surface area contributed by atoms with Gasteiger partial charge >= 0.3 is 5.97 Å². The van der Waals surface area contributed by atoms with E-state index in [1.54, 1.807) is 6.33 Å². The highest BCUT2D eigenvalue weighted by Crippen LogP contribution is 2.30. The van der Waals surface area contributed by atoms with Crippen LogP contribution < -0.4 is 5.73 Å². The van der Waals surface area contributed by atoms with Gasteiger partial charge in [-0.3, -0.25) is 0 Å². The molecule has 0 spiro atoms. The summed E-state index contributed by atoms with van der Waals surface area (Å²) in [6.07, 6.45) is 3.69. The Morgan fingerprint density at radius 1 is 1.03 bits per heavy atom. The standard InChI is InChI=1S/C25H22N6O2/c1-16-20(18-10-5-6-11-19(18)30-21(16)17-8-3-2-4-9-17)25(32)33-13-7-12-31-15-29-22-23(26)27-14-28-24(22)31/h2-6,8-11,14-15H,7,12-13H2,1H3,(H2,26,27,28). The molecule has 5 rings (SSSR count). The van der Waals surface area contributed by atoms with Crippen molar-refractivity contribution in [3.8, 4) is 11.3 Å². The molecule has 0 amide bonds. The number of ether oxygens (including phenoxy) is 1. The Balaban J connectivity index is 1.37. The van der Waals surface area contributed by atoms with Crippen LogP contribution in [0.25, 0.3) is 33.3 Å². The Bertz CT molecular complexity index is 1460. The minimum Gasteiger partial charge on any atom is -0.462 e. The van der Waals surface area contributed by atoms with Crippen molar-refractivity contribution in [1.82, 2.24) is 24.5 Å². The van der Waals surface area contributed by atoms with Crippen LogP contribution in [0.15, 0.2) is 67.3 Å². The first-order valence-corrected chi connectivity index (χ1v) is 10.7. The summed E-state index contributed by atoms with van der Waals surface area (Å²) in [6.45, 7) is 2.77. The Hall–Kier alpha value is -4.33. The first kappa shape index (κ1) is 20.6. The van der Waals surface area contributed by atoms with E-state index in [9.17, 15) is 4.79 Å². The third-order valence-electron chi connectivity index (χ3n) is 5.59. The number of rotatable bonds is 6. The van der Waals surface area contributed by atoms with Crippen molar-refractivity contribution in [3.63, 3.8) is 0 Å². The lowest BCUT2D eigenvalue weighted by molar-refractivity contribution is 0.0498. The number of imidazole rings is 1. The van der Waals surface area contributed by atoms with Crippen LogP contribution in [0.5, 0.6) is 0 Å². The quantitative estimate of drug-likeness (QED) is 0.313. The Kier molecular flexibility index (Phi) is 5.40. The van der Waals surface area contributed by atoms with Gasteiger partial charge in [-0.15, -0.1) is 0 Å². The second kappa shape index (κ2) is 8.66. The van der Waals surface area contributed by atoms with Gasteiger partial charge in [0.25, 0.3) is 0 Å². The summed E-state index contributed by atoms with van der Waals surface area (Å²) in [4.78, 5) is 30.4. The molecule has 0 aliphatic carbocycles. The molecule has 5 aromatic rings. The molecule has 2 N–H and O–H groups in total. The number of para-hydroxylation sites is 1. The van der Waals surface area contributed by atoms with Gasteiger partial charge in [-0.2, -0.15) is 0 Å². The second-order valence-electron chi connectivity index (χ2n) is 7.70. The van der Waals surface area contributed by atoms with E-state index in [1.807, 2.05) is 66.1 Å². The molecule has 164 valence electrons. The van der Waals surface area contributed by atoms with E-state index in [-0.39, 0.29) is 12.6 Å².